The fourth-order valence-corrected chi connectivity index (χ4v) is 4.13. The summed E-state index contributed by atoms with van der Waals surface area (Å²) in [5.41, 5.74) is 1.17. The van der Waals surface area contributed by atoms with E-state index in [1.165, 1.54) is 0 Å². The van der Waals surface area contributed by atoms with Crippen molar-refractivity contribution in [2.45, 2.75) is 12.5 Å². The minimum Gasteiger partial charge on any atom is -0.496 e. The zero-order valence-electron chi connectivity index (χ0n) is 14.1. The number of fused-ring (bicyclic) bond motifs is 3. The number of ether oxygens (including phenoxy) is 2. The van der Waals surface area contributed by atoms with E-state index in [1.54, 1.807) is 7.11 Å². The molecule has 25 heavy (non-hydrogen) atoms. The molecular weight excluding hydrogens is 318 g/mol. The first-order valence-electron chi connectivity index (χ1n) is 8.43. The number of likely N-dealkylation sites (tertiary alicyclic amines) is 1. The quantitative estimate of drug-likeness (QED) is 0.928. The van der Waals surface area contributed by atoms with Crippen LogP contribution in [0.5, 0.6) is 11.5 Å². The van der Waals surface area contributed by atoms with Crippen LogP contribution in [0.4, 0.5) is 0 Å². The molecule has 2 atom stereocenters. The molecule has 0 spiro atoms. The maximum absolute atomic E-state index is 12.2. The second kappa shape index (κ2) is 6.08. The third-order valence-electron chi connectivity index (χ3n) is 5.41. The molecular formula is C20H21NO4. The van der Waals surface area contributed by atoms with E-state index in [9.17, 15) is 9.90 Å². The summed E-state index contributed by atoms with van der Waals surface area (Å²) in [5, 5.41) is 9.98. The third kappa shape index (κ3) is 2.55. The fraction of sp³-hybridized carbons (Fsp3) is 0.350. The molecule has 2 aliphatic rings. The van der Waals surface area contributed by atoms with E-state index in [0.29, 0.717) is 19.6 Å². The summed E-state index contributed by atoms with van der Waals surface area (Å²) in [6.07, 6.45) is 0. The Balaban J connectivity index is 1.66. The van der Waals surface area contributed by atoms with Crippen LogP contribution in [0.15, 0.2) is 48.5 Å². The Kier molecular flexibility index (Phi) is 3.88. The van der Waals surface area contributed by atoms with Gasteiger partial charge in [0.05, 0.1) is 7.11 Å². The molecule has 1 unspecified atom stereocenters. The van der Waals surface area contributed by atoms with Gasteiger partial charge in [0.15, 0.2) is 0 Å². The Morgan fingerprint density at radius 1 is 1.28 bits per heavy atom. The van der Waals surface area contributed by atoms with Gasteiger partial charge in [-0.3, -0.25) is 9.69 Å². The average Bonchev–Trinajstić information content (AvgIpc) is 3.02. The van der Waals surface area contributed by atoms with E-state index >= 15 is 0 Å². The Morgan fingerprint density at radius 2 is 2.04 bits per heavy atom. The van der Waals surface area contributed by atoms with Crippen molar-refractivity contribution in [1.29, 1.82) is 0 Å². The molecule has 1 N–H and O–H groups in total. The molecule has 0 bridgehead atoms. The van der Waals surface area contributed by atoms with Gasteiger partial charge in [-0.2, -0.15) is 0 Å². The van der Waals surface area contributed by atoms with Gasteiger partial charge in [-0.25, -0.2) is 0 Å². The first-order valence-corrected chi connectivity index (χ1v) is 8.43. The first-order chi connectivity index (χ1) is 12.1. The van der Waals surface area contributed by atoms with Gasteiger partial charge in [0, 0.05) is 31.1 Å². The van der Waals surface area contributed by atoms with Gasteiger partial charge in [-0.15, -0.1) is 0 Å². The Bertz CT molecular complexity index is 806. The van der Waals surface area contributed by atoms with Crippen LogP contribution in [0.3, 0.4) is 0 Å². The Hall–Kier alpha value is -2.53. The molecule has 0 aliphatic carbocycles. The molecule has 2 aromatic carbocycles. The molecule has 0 amide bonds. The van der Waals surface area contributed by atoms with Crippen LogP contribution in [0.1, 0.15) is 17.0 Å². The van der Waals surface area contributed by atoms with E-state index in [1.807, 2.05) is 48.5 Å². The van der Waals surface area contributed by atoms with Gasteiger partial charge in [0.2, 0.25) is 0 Å². The number of para-hydroxylation sites is 2. The summed E-state index contributed by atoms with van der Waals surface area (Å²) >= 11 is 0. The van der Waals surface area contributed by atoms with Crippen molar-refractivity contribution in [3.8, 4) is 11.5 Å². The fourth-order valence-electron chi connectivity index (χ4n) is 4.13. The smallest absolute Gasteiger partial charge is 0.315 e. The van der Waals surface area contributed by atoms with Gasteiger partial charge < -0.3 is 14.6 Å². The summed E-state index contributed by atoms with van der Waals surface area (Å²) in [7, 11) is 1.66. The van der Waals surface area contributed by atoms with Gasteiger partial charge in [0.1, 0.15) is 23.5 Å². The molecule has 5 heteroatoms. The van der Waals surface area contributed by atoms with E-state index in [0.717, 1.165) is 22.6 Å². The maximum atomic E-state index is 12.2. The van der Waals surface area contributed by atoms with Crippen LogP contribution in [-0.4, -0.2) is 42.8 Å². The maximum Gasteiger partial charge on any atom is 0.315 e. The van der Waals surface area contributed by atoms with Crippen molar-refractivity contribution in [2.24, 2.45) is 5.41 Å². The molecule has 130 valence electrons. The van der Waals surface area contributed by atoms with Crippen LogP contribution >= 0.6 is 0 Å². The highest BCUT2D eigenvalue weighted by Crippen LogP contribution is 2.50. The highest BCUT2D eigenvalue weighted by Gasteiger charge is 2.56. The number of carboxylic acid groups (broad SMARTS) is 1. The van der Waals surface area contributed by atoms with E-state index < -0.39 is 11.4 Å². The van der Waals surface area contributed by atoms with E-state index in [4.69, 9.17) is 9.47 Å². The molecule has 0 aromatic heterocycles. The highest BCUT2D eigenvalue weighted by molar-refractivity contribution is 5.78. The van der Waals surface area contributed by atoms with Crippen molar-refractivity contribution in [1.82, 2.24) is 4.90 Å². The van der Waals surface area contributed by atoms with Crippen molar-refractivity contribution >= 4 is 5.97 Å². The van der Waals surface area contributed by atoms with Crippen LogP contribution in [0, 0.1) is 5.41 Å². The Labute approximate surface area is 146 Å². The van der Waals surface area contributed by atoms with Crippen molar-refractivity contribution in [3.63, 3.8) is 0 Å². The summed E-state index contributed by atoms with van der Waals surface area (Å²) in [4.78, 5) is 14.4. The predicted molar refractivity (Wildman–Crippen MR) is 93.0 cm³/mol. The molecule has 2 aliphatic heterocycles. The lowest BCUT2D eigenvalue weighted by atomic mass is 9.73. The molecule has 4 rings (SSSR count). The number of rotatable bonds is 4. The van der Waals surface area contributed by atoms with E-state index in [2.05, 4.69) is 4.90 Å². The van der Waals surface area contributed by atoms with Crippen LogP contribution < -0.4 is 9.47 Å². The number of carbonyl (C=O) groups is 1. The predicted octanol–water partition coefficient (Wildman–Crippen LogP) is 2.76. The van der Waals surface area contributed by atoms with Crippen LogP contribution in [0.2, 0.25) is 0 Å². The van der Waals surface area contributed by atoms with Gasteiger partial charge in [0.25, 0.3) is 0 Å². The number of aliphatic carboxylic acids is 1. The van der Waals surface area contributed by atoms with E-state index in [-0.39, 0.29) is 12.5 Å². The molecule has 1 fully saturated rings. The lowest BCUT2D eigenvalue weighted by Gasteiger charge is -2.35. The summed E-state index contributed by atoms with van der Waals surface area (Å²) in [5.74, 6) is 0.793. The lowest BCUT2D eigenvalue weighted by Crippen LogP contribution is -2.45. The highest BCUT2D eigenvalue weighted by atomic mass is 16.5. The summed E-state index contributed by atoms with van der Waals surface area (Å²) in [6, 6.07) is 15.7. The van der Waals surface area contributed by atoms with Crippen molar-refractivity contribution in [3.05, 3.63) is 59.7 Å². The number of carboxylic acids is 1. The largest absolute Gasteiger partial charge is 0.496 e. The van der Waals surface area contributed by atoms with Crippen LogP contribution in [0.25, 0.3) is 0 Å². The minimum absolute atomic E-state index is 0.0651. The molecule has 1 saturated heterocycles. The minimum atomic E-state index is -0.892. The normalized spacial score (nSPS) is 24.9. The molecule has 2 heterocycles. The standard InChI is InChI=1S/C20H21NO4/c1-24-17-8-4-2-6-14(17)10-21-11-16-15-7-3-5-9-18(15)25-13-20(16,12-21)19(22)23/h2-9,16H,10-13H2,1H3,(H,22,23)/t16?,20-/m1/s1. The third-order valence-corrected chi connectivity index (χ3v) is 5.41. The number of methoxy groups -OCH3 is 1. The molecule has 0 saturated carbocycles. The zero-order valence-corrected chi connectivity index (χ0v) is 14.1. The number of nitrogens with zero attached hydrogens (tertiary/aromatic N) is 1. The summed E-state index contributed by atoms with van der Waals surface area (Å²) < 4.78 is 11.2. The van der Waals surface area contributed by atoms with Gasteiger partial charge >= 0.3 is 5.97 Å². The summed E-state index contributed by atoms with van der Waals surface area (Å²) in [6.45, 7) is 2.05. The first kappa shape index (κ1) is 16.0. The number of benzene rings is 2. The zero-order chi connectivity index (χ0) is 17.4. The molecule has 5 nitrogen and oxygen atoms in total. The molecule has 2 aromatic rings. The van der Waals surface area contributed by atoms with Crippen molar-refractivity contribution in [2.75, 3.05) is 26.8 Å². The second-order valence-electron chi connectivity index (χ2n) is 6.82. The Morgan fingerprint density at radius 3 is 2.84 bits per heavy atom. The topological polar surface area (TPSA) is 59.0 Å². The van der Waals surface area contributed by atoms with Gasteiger partial charge in [-0.1, -0.05) is 36.4 Å². The monoisotopic (exact) mass is 339 g/mol. The second-order valence-corrected chi connectivity index (χ2v) is 6.82. The number of hydrogen-bond acceptors (Lipinski definition) is 4. The van der Waals surface area contributed by atoms with Gasteiger partial charge in [-0.05, 0) is 17.7 Å². The van der Waals surface area contributed by atoms with Crippen LogP contribution in [-0.2, 0) is 11.3 Å². The van der Waals surface area contributed by atoms with Crippen molar-refractivity contribution < 1.29 is 19.4 Å². The lowest BCUT2D eigenvalue weighted by molar-refractivity contribution is -0.151. The number of hydrogen-bond donors (Lipinski definition) is 1. The SMILES string of the molecule is COc1ccccc1CN1CC2c3ccccc3OC[C@]2(C(=O)O)C1. The average molecular weight is 339 g/mol. The molecule has 0 radical (unpaired) electrons.